The second kappa shape index (κ2) is 8.35. The van der Waals surface area contributed by atoms with E-state index >= 15 is 0 Å². The second-order valence-electron chi connectivity index (χ2n) is 7.68. The van der Waals surface area contributed by atoms with E-state index in [1.165, 1.54) is 6.42 Å². The smallest absolute Gasteiger partial charge is 0.254 e. The zero-order valence-corrected chi connectivity index (χ0v) is 16.3. The van der Waals surface area contributed by atoms with E-state index in [4.69, 9.17) is 11.6 Å². The average Bonchev–Trinajstić information content (AvgIpc) is 2.61. The number of hydrogen-bond acceptors (Lipinski definition) is 4. The van der Waals surface area contributed by atoms with Gasteiger partial charge in [-0.05, 0) is 30.4 Å². The highest BCUT2D eigenvalue weighted by atomic mass is 35.5. The number of halogens is 1. The Morgan fingerprint density at radius 3 is 2.38 bits per heavy atom. The highest BCUT2D eigenvalue weighted by Crippen LogP contribution is 2.21. The molecule has 2 unspecified atom stereocenters. The van der Waals surface area contributed by atoms with Crippen LogP contribution in [0.5, 0.6) is 0 Å². The van der Waals surface area contributed by atoms with E-state index in [2.05, 4.69) is 23.7 Å². The molecule has 0 spiro atoms. The summed E-state index contributed by atoms with van der Waals surface area (Å²) in [4.78, 5) is 35.0. The summed E-state index contributed by atoms with van der Waals surface area (Å²) in [5, 5.41) is 0.324. The van der Waals surface area contributed by atoms with Crippen LogP contribution < -0.4 is 0 Å². The van der Waals surface area contributed by atoms with Crippen LogP contribution in [0.4, 0.5) is 0 Å². The van der Waals surface area contributed by atoms with Crippen molar-refractivity contribution in [3.05, 3.63) is 29.0 Å². The van der Waals surface area contributed by atoms with Gasteiger partial charge >= 0.3 is 0 Å². The van der Waals surface area contributed by atoms with Gasteiger partial charge in [0.25, 0.3) is 5.91 Å². The van der Waals surface area contributed by atoms with Crippen molar-refractivity contribution in [1.29, 1.82) is 0 Å². The average molecular weight is 379 g/mol. The van der Waals surface area contributed by atoms with Crippen molar-refractivity contribution in [1.82, 2.24) is 19.7 Å². The van der Waals surface area contributed by atoms with Crippen LogP contribution >= 0.6 is 11.6 Å². The molecule has 0 saturated carbocycles. The highest BCUT2D eigenvalue weighted by molar-refractivity contribution is 6.29. The largest absolute Gasteiger partial charge is 0.341 e. The molecule has 0 aliphatic carbocycles. The molecule has 7 heteroatoms. The quantitative estimate of drug-likeness (QED) is 0.755. The van der Waals surface area contributed by atoms with Gasteiger partial charge in [0, 0.05) is 51.0 Å². The fourth-order valence-corrected chi connectivity index (χ4v) is 4.16. The SMILES string of the molecule is CC1CC(C)CN(C(=O)CN2CCN(C(=O)c3ccnc(Cl)c3)CC2)C1. The Kier molecular flexibility index (Phi) is 6.14. The van der Waals surface area contributed by atoms with E-state index in [1.54, 1.807) is 18.3 Å². The summed E-state index contributed by atoms with van der Waals surface area (Å²) in [6, 6.07) is 3.28. The number of piperazine rings is 1. The summed E-state index contributed by atoms with van der Waals surface area (Å²) in [5.41, 5.74) is 0.561. The van der Waals surface area contributed by atoms with Gasteiger partial charge in [-0.15, -0.1) is 0 Å². The van der Waals surface area contributed by atoms with Gasteiger partial charge in [0.05, 0.1) is 6.54 Å². The number of piperidine rings is 1. The fourth-order valence-electron chi connectivity index (χ4n) is 3.99. The van der Waals surface area contributed by atoms with E-state index < -0.39 is 0 Å². The minimum Gasteiger partial charge on any atom is -0.341 e. The first-order chi connectivity index (χ1) is 12.4. The number of pyridine rings is 1. The van der Waals surface area contributed by atoms with Crippen LogP contribution in [0.15, 0.2) is 18.3 Å². The predicted octanol–water partition coefficient (Wildman–Crippen LogP) is 2.00. The van der Waals surface area contributed by atoms with E-state index in [1.807, 2.05) is 9.80 Å². The van der Waals surface area contributed by atoms with Gasteiger partial charge in [-0.2, -0.15) is 0 Å². The van der Waals surface area contributed by atoms with Crippen molar-refractivity contribution < 1.29 is 9.59 Å². The number of nitrogens with zero attached hydrogens (tertiary/aromatic N) is 4. The zero-order valence-electron chi connectivity index (χ0n) is 15.5. The molecule has 2 saturated heterocycles. The van der Waals surface area contributed by atoms with Crippen LogP contribution in [-0.2, 0) is 4.79 Å². The summed E-state index contributed by atoms with van der Waals surface area (Å²) in [6.45, 7) is 9.29. The number of rotatable bonds is 3. The van der Waals surface area contributed by atoms with E-state index in [9.17, 15) is 9.59 Å². The molecule has 0 bridgehead atoms. The highest BCUT2D eigenvalue weighted by Gasteiger charge is 2.28. The van der Waals surface area contributed by atoms with Crippen molar-refractivity contribution in [2.24, 2.45) is 11.8 Å². The number of likely N-dealkylation sites (tertiary alicyclic amines) is 1. The molecule has 3 heterocycles. The first-order valence-corrected chi connectivity index (χ1v) is 9.71. The molecule has 1 aromatic heterocycles. The third-order valence-electron chi connectivity index (χ3n) is 5.21. The van der Waals surface area contributed by atoms with Crippen LogP contribution in [0.3, 0.4) is 0 Å². The fraction of sp³-hybridized carbons (Fsp3) is 0.632. The van der Waals surface area contributed by atoms with Crippen molar-refractivity contribution in [2.75, 3.05) is 45.8 Å². The first kappa shape index (κ1) is 19.1. The van der Waals surface area contributed by atoms with Gasteiger partial charge in [0.1, 0.15) is 5.15 Å². The second-order valence-corrected chi connectivity index (χ2v) is 8.07. The molecule has 26 heavy (non-hydrogen) atoms. The van der Waals surface area contributed by atoms with E-state index in [0.29, 0.717) is 42.2 Å². The topological polar surface area (TPSA) is 56.8 Å². The molecular weight excluding hydrogens is 352 g/mol. The van der Waals surface area contributed by atoms with E-state index in [0.717, 1.165) is 26.2 Å². The standard InChI is InChI=1S/C19H27ClN4O2/c1-14-9-15(2)12-24(11-14)18(25)13-22-5-7-23(8-6-22)19(26)16-3-4-21-17(20)10-16/h3-4,10,14-15H,5-9,11-13H2,1-2H3. The molecule has 142 valence electrons. The predicted molar refractivity (Wildman–Crippen MR) is 101 cm³/mol. The zero-order chi connectivity index (χ0) is 18.7. The minimum absolute atomic E-state index is 0.0287. The maximum Gasteiger partial charge on any atom is 0.254 e. The van der Waals surface area contributed by atoms with Crippen molar-refractivity contribution in [2.45, 2.75) is 20.3 Å². The third-order valence-corrected chi connectivity index (χ3v) is 5.42. The Morgan fingerprint density at radius 2 is 1.77 bits per heavy atom. The number of aromatic nitrogens is 1. The summed E-state index contributed by atoms with van der Waals surface area (Å²) in [6.07, 6.45) is 2.74. The lowest BCUT2D eigenvalue weighted by atomic mass is 9.92. The number of carbonyl (C=O) groups excluding carboxylic acids is 2. The van der Waals surface area contributed by atoms with Crippen LogP contribution in [0.1, 0.15) is 30.6 Å². The summed E-state index contributed by atoms with van der Waals surface area (Å²) in [7, 11) is 0. The minimum atomic E-state index is -0.0287. The molecule has 0 radical (unpaired) electrons. The molecular formula is C19H27ClN4O2. The number of carbonyl (C=O) groups is 2. The Balaban J connectivity index is 1.49. The summed E-state index contributed by atoms with van der Waals surface area (Å²) in [5.74, 6) is 1.33. The van der Waals surface area contributed by atoms with Gasteiger partial charge in [-0.1, -0.05) is 25.4 Å². The Hall–Kier alpha value is -1.66. The van der Waals surface area contributed by atoms with Crippen LogP contribution in [-0.4, -0.2) is 77.3 Å². The van der Waals surface area contributed by atoms with Gasteiger partial charge in [0.2, 0.25) is 5.91 Å². The molecule has 0 aromatic carbocycles. The first-order valence-electron chi connectivity index (χ1n) is 9.33. The van der Waals surface area contributed by atoms with Crippen molar-refractivity contribution >= 4 is 23.4 Å². The molecule has 2 aliphatic rings. The Bertz CT molecular complexity index is 651. The van der Waals surface area contributed by atoms with Crippen LogP contribution in [0.25, 0.3) is 0 Å². The van der Waals surface area contributed by atoms with Crippen molar-refractivity contribution in [3.8, 4) is 0 Å². The van der Waals surface area contributed by atoms with E-state index in [-0.39, 0.29) is 11.8 Å². The molecule has 3 rings (SSSR count). The van der Waals surface area contributed by atoms with Gasteiger partial charge in [-0.25, -0.2) is 4.98 Å². The number of hydrogen-bond donors (Lipinski definition) is 0. The normalized spacial score (nSPS) is 24.6. The molecule has 2 fully saturated rings. The summed E-state index contributed by atoms with van der Waals surface area (Å²) < 4.78 is 0. The van der Waals surface area contributed by atoms with Crippen molar-refractivity contribution in [3.63, 3.8) is 0 Å². The Morgan fingerprint density at radius 1 is 1.12 bits per heavy atom. The third kappa shape index (κ3) is 4.74. The number of amides is 2. The van der Waals surface area contributed by atoms with Crippen LogP contribution in [0, 0.1) is 11.8 Å². The summed E-state index contributed by atoms with van der Waals surface area (Å²) >= 11 is 5.87. The molecule has 2 amide bonds. The van der Waals surface area contributed by atoms with Gasteiger partial charge < -0.3 is 9.80 Å². The molecule has 0 N–H and O–H groups in total. The maximum atomic E-state index is 12.6. The molecule has 2 atom stereocenters. The molecule has 1 aromatic rings. The lowest BCUT2D eigenvalue weighted by Gasteiger charge is -2.38. The van der Waals surface area contributed by atoms with Gasteiger partial charge in [0.15, 0.2) is 0 Å². The van der Waals surface area contributed by atoms with Gasteiger partial charge in [-0.3, -0.25) is 14.5 Å². The maximum absolute atomic E-state index is 12.6. The Labute approximate surface area is 160 Å². The lowest BCUT2D eigenvalue weighted by Crippen LogP contribution is -2.53. The monoisotopic (exact) mass is 378 g/mol. The molecule has 2 aliphatic heterocycles. The lowest BCUT2D eigenvalue weighted by molar-refractivity contribution is -0.135. The van der Waals surface area contributed by atoms with Crippen LogP contribution in [0.2, 0.25) is 5.15 Å². The molecule has 6 nitrogen and oxygen atoms in total.